The van der Waals surface area contributed by atoms with Gasteiger partial charge in [0.2, 0.25) is 11.5 Å². The Kier molecular flexibility index (Phi) is 6.16. The van der Waals surface area contributed by atoms with Crippen LogP contribution in [0.1, 0.15) is 20.8 Å². The summed E-state index contributed by atoms with van der Waals surface area (Å²) in [5.41, 5.74) is 0.771. The SMILES string of the molecule is COC1=C(OC)C(O)(C(=C=C([Si](C)(C)C)[Si](C)(C)C)OC(C)(C)C)C1=O. The average molecular weight is 399 g/mol. The van der Waals surface area contributed by atoms with Gasteiger partial charge in [0.05, 0.1) is 30.4 Å². The summed E-state index contributed by atoms with van der Waals surface area (Å²) in [5.74, 6) is -0.363. The van der Waals surface area contributed by atoms with Gasteiger partial charge in [-0.15, -0.1) is 0 Å². The molecule has 0 aromatic carbocycles. The number of aliphatic hydroxyl groups is 1. The number of rotatable bonds is 6. The highest BCUT2D eigenvalue weighted by Crippen LogP contribution is 2.43. The van der Waals surface area contributed by atoms with E-state index in [4.69, 9.17) is 14.2 Å². The van der Waals surface area contributed by atoms with Crippen LogP contribution >= 0.6 is 0 Å². The van der Waals surface area contributed by atoms with Crippen LogP contribution in [0.15, 0.2) is 27.8 Å². The zero-order valence-electron chi connectivity index (χ0n) is 18.1. The number of ketones is 1. The first-order valence-electron chi connectivity index (χ1n) is 8.81. The van der Waals surface area contributed by atoms with Gasteiger partial charge in [-0.25, -0.2) is 0 Å². The minimum atomic E-state index is -1.99. The van der Waals surface area contributed by atoms with Crippen LogP contribution in [0.25, 0.3) is 0 Å². The van der Waals surface area contributed by atoms with Gasteiger partial charge in [-0.05, 0) is 25.6 Å². The summed E-state index contributed by atoms with van der Waals surface area (Å²) >= 11 is 0. The van der Waals surface area contributed by atoms with Crippen LogP contribution in [0.3, 0.4) is 0 Å². The average Bonchev–Trinajstić information content (AvgIpc) is 2.43. The highest BCUT2D eigenvalue weighted by molar-refractivity contribution is 7.04. The number of carbonyl (C=O) groups excluding carboxylic acids is 1. The molecule has 0 spiro atoms. The molecule has 0 fully saturated rings. The highest BCUT2D eigenvalue weighted by atomic mass is 28.4. The molecule has 0 aromatic rings. The fourth-order valence-corrected chi connectivity index (χ4v) is 13.2. The van der Waals surface area contributed by atoms with Gasteiger partial charge in [0, 0.05) is 0 Å². The minimum absolute atomic E-state index is 0.0226. The lowest BCUT2D eigenvalue weighted by molar-refractivity contribution is -0.148. The highest BCUT2D eigenvalue weighted by Gasteiger charge is 2.61. The Morgan fingerprint density at radius 2 is 1.46 bits per heavy atom. The van der Waals surface area contributed by atoms with Crippen molar-refractivity contribution in [3.8, 4) is 0 Å². The maximum absolute atomic E-state index is 12.7. The van der Waals surface area contributed by atoms with Crippen LogP contribution in [0.2, 0.25) is 39.3 Å². The molecule has 0 saturated heterocycles. The fourth-order valence-electron chi connectivity index (χ4n) is 3.21. The van der Waals surface area contributed by atoms with Crippen molar-refractivity contribution in [1.82, 2.24) is 0 Å². The molecular formula is C19H34O5Si2. The first-order valence-corrected chi connectivity index (χ1v) is 15.8. The monoisotopic (exact) mass is 398 g/mol. The summed E-state index contributed by atoms with van der Waals surface area (Å²) in [6.07, 6.45) is 0. The Morgan fingerprint density at radius 3 is 1.77 bits per heavy atom. The predicted octanol–water partition coefficient (Wildman–Crippen LogP) is 3.78. The third-order valence-electron chi connectivity index (χ3n) is 3.95. The molecule has 0 heterocycles. The molecule has 0 amide bonds. The topological polar surface area (TPSA) is 65.0 Å². The molecule has 1 atom stereocenters. The lowest BCUT2D eigenvalue weighted by atomic mass is 9.81. The van der Waals surface area contributed by atoms with Gasteiger partial charge in [0.1, 0.15) is 5.60 Å². The third kappa shape index (κ3) is 4.34. The van der Waals surface area contributed by atoms with Gasteiger partial charge >= 0.3 is 0 Å². The zero-order valence-corrected chi connectivity index (χ0v) is 20.1. The molecule has 1 rings (SSSR count). The Hall–Kier alpha value is -1.28. The number of hydrogen-bond donors (Lipinski definition) is 1. The second kappa shape index (κ2) is 7.04. The van der Waals surface area contributed by atoms with Gasteiger partial charge in [0.25, 0.3) is 5.60 Å². The Labute approximate surface area is 159 Å². The van der Waals surface area contributed by atoms with E-state index in [0.717, 1.165) is 0 Å². The molecule has 26 heavy (non-hydrogen) atoms. The molecule has 7 heteroatoms. The molecule has 5 nitrogen and oxygen atoms in total. The maximum atomic E-state index is 12.7. The molecule has 0 aromatic heterocycles. The summed E-state index contributed by atoms with van der Waals surface area (Å²) < 4.78 is 16.4. The van der Waals surface area contributed by atoms with E-state index in [1.807, 2.05) is 20.8 Å². The Bertz CT molecular complexity index is 664. The molecule has 1 aliphatic carbocycles. The largest absolute Gasteiger partial charge is 0.493 e. The van der Waals surface area contributed by atoms with Crippen molar-refractivity contribution < 1.29 is 24.1 Å². The molecule has 1 unspecified atom stereocenters. The second-order valence-electron chi connectivity index (χ2n) is 9.65. The number of hydrogen-bond acceptors (Lipinski definition) is 5. The van der Waals surface area contributed by atoms with Crippen LogP contribution in [0.5, 0.6) is 0 Å². The molecule has 0 bridgehead atoms. The number of ether oxygens (including phenoxy) is 3. The molecule has 1 aliphatic rings. The molecule has 0 aliphatic heterocycles. The summed E-state index contributed by atoms with van der Waals surface area (Å²) in [5, 5.41) is 11.2. The van der Waals surface area contributed by atoms with Gasteiger partial charge < -0.3 is 19.3 Å². The quantitative estimate of drug-likeness (QED) is 0.419. The first-order chi connectivity index (χ1) is 11.5. The summed E-state index contributed by atoms with van der Waals surface area (Å²) in [6, 6.07) is 0. The number of Topliss-reactive ketones (excluding diaryl/α,β-unsaturated/α-hetero) is 1. The van der Waals surface area contributed by atoms with Crippen molar-refractivity contribution in [2.24, 2.45) is 0 Å². The maximum Gasteiger partial charge on any atom is 0.257 e. The van der Waals surface area contributed by atoms with Crippen molar-refractivity contribution in [1.29, 1.82) is 0 Å². The second-order valence-corrected chi connectivity index (χ2v) is 20.1. The van der Waals surface area contributed by atoms with Crippen molar-refractivity contribution >= 4 is 21.9 Å². The van der Waals surface area contributed by atoms with Gasteiger partial charge in [-0.3, -0.25) is 4.79 Å². The number of carbonyl (C=O) groups is 1. The van der Waals surface area contributed by atoms with Crippen molar-refractivity contribution in [3.63, 3.8) is 0 Å². The van der Waals surface area contributed by atoms with Crippen LogP contribution in [-0.2, 0) is 19.0 Å². The lowest BCUT2D eigenvalue weighted by Gasteiger charge is -2.39. The smallest absolute Gasteiger partial charge is 0.257 e. The standard InChI is InChI=1S/C19H34O5Si2/c1-18(2,3)24-13(12-14(25(6,7)8)26(9,10)11)19(21)16(20)15(22-4)17(19)23-5/h21H,1-11H3. The first kappa shape index (κ1) is 22.8. The summed E-state index contributed by atoms with van der Waals surface area (Å²) in [4.78, 5) is 13.9. The van der Waals surface area contributed by atoms with Crippen LogP contribution in [0.4, 0.5) is 0 Å². The van der Waals surface area contributed by atoms with E-state index in [1.54, 1.807) is 0 Å². The van der Waals surface area contributed by atoms with Crippen molar-refractivity contribution in [3.05, 3.63) is 27.8 Å². The molecular weight excluding hydrogens is 364 g/mol. The molecule has 0 radical (unpaired) electrons. The number of methoxy groups -OCH3 is 2. The van der Waals surface area contributed by atoms with Crippen LogP contribution in [0, 0.1) is 0 Å². The van der Waals surface area contributed by atoms with E-state index in [2.05, 4.69) is 45.0 Å². The van der Waals surface area contributed by atoms with Crippen LogP contribution < -0.4 is 0 Å². The van der Waals surface area contributed by atoms with E-state index in [1.165, 1.54) is 19.0 Å². The van der Waals surface area contributed by atoms with E-state index >= 15 is 0 Å². The fraction of sp³-hybridized carbons (Fsp3) is 0.684. The predicted molar refractivity (Wildman–Crippen MR) is 109 cm³/mol. The summed E-state index contributed by atoms with van der Waals surface area (Å²) in [6.45, 7) is 19.0. The van der Waals surface area contributed by atoms with Gasteiger partial charge in [0.15, 0.2) is 11.5 Å². The van der Waals surface area contributed by atoms with Crippen LogP contribution in [-0.4, -0.2) is 52.5 Å². The third-order valence-corrected chi connectivity index (χ3v) is 11.7. The van der Waals surface area contributed by atoms with E-state index in [-0.39, 0.29) is 17.3 Å². The lowest BCUT2D eigenvalue weighted by Crippen LogP contribution is -2.55. The van der Waals surface area contributed by atoms with E-state index < -0.39 is 33.1 Å². The van der Waals surface area contributed by atoms with Crippen molar-refractivity contribution in [2.75, 3.05) is 14.2 Å². The normalized spacial score (nSPS) is 21.0. The molecule has 148 valence electrons. The molecule has 0 saturated carbocycles. The van der Waals surface area contributed by atoms with Gasteiger partial charge in [-0.1, -0.05) is 45.0 Å². The van der Waals surface area contributed by atoms with Gasteiger partial charge in [-0.2, -0.15) is 0 Å². The Balaban J connectivity index is 3.86. The van der Waals surface area contributed by atoms with E-state index in [0.29, 0.717) is 0 Å². The van der Waals surface area contributed by atoms with Crippen molar-refractivity contribution in [2.45, 2.75) is 71.3 Å². The molecule has 1 N–H and O–H groups in total. The summed E-state index contributed by atoms with van der Waals surface area (Å²) in [7, 11) is -0.717. The zero-order chi connectivity index (χ0) is 20.7. The Morgan fingerprint density at radius 1 is 1.00 bits per heavy atom. The minimum Gasteiger partial charge on any atom is -0.493 e. The van der Waals surface area contributed by atoms with E-state index in [9.17, 15) is 9.90 Å².